The SMILES string of the molecule is CCNC(=NCC(=O)NCc1ccco1)N1CCC(C(=O)OC)CC1.I. The van der Waals surface area contributed by atoms with Gasteiger partial charge in [0.15, 0.2) is 5.96 Å². The molecule has 1 aliphatic rings. The van der Waals surface area contributed by atoms with Gasteiger partial charge in [-0.3, -0.25) is 9.59 Å². The highest BCUT2D eigenvalue weighted by Crippen LogP contribution is 2.18. The molecule has 0 saturated carbocycles. The molecule has 2 rings (SSSR count). The monoisotopic (exact) mass is 478 g/mol. The molecule has 1 aromatic heterocycles. The molecular formula is C17H27IN4O4. The summed E-state index contributed by atoms with van der Waals surface area (Å²) in [5.74, 6) is 1.02. The van der Waals surface area contributed by atoms with Gasteiger partial charge in [0.25, 0.3) is 0 Å². The van der Waals surface area contributed by atoms with E-state index in [1.807, 2.05) is 6.92 Å². The van der Waals surface area contributed by atoms with E-state index in [2.05, 4.69) is 20.5 Å². The van der Waals surface area contributed by atoms with Crippen LogP contribution in [0.5, 0.6) is 0 Å². The summed E-state index contributed by atoms with van der Waals surface area (Å²) < 4.78 is 9.98. The first-order valence-corrected chi connectivity index (χ1v) is 8.54. The number of furan rings is 1. The lowest BCUT2D eigenvalue weighted by Crippen LogP contribution is -2.47. The quantitative estimate of drug-likeness (QED) is 0.278. The van der Waals surface area contributed by atoms with E-state index in [0.29, 0.717) is 37.9 Å². The fraction of sp³-hybridized carbons (Fsp3) is 0.588. The van der Waals surface area contributed by atoms with E-state index >= 15 is 0 Å². The number of nitrogens with one attached hydrogen (secondary N) is 2. The molecule has 0 aromatic carbocycles. The lowest BCUT2D eigenvalue weighted by atomic mass is 9.97. The first-order valence-electron chi connectivity index (χ1n) is 8.54. The predicted octanol–water partition coefficient (Wildman–Crippen LogP) is 1.36. The van der Waals surface area contributed by atoms with E-state index in [9.17, 15) is 9.59 Å². The number of amides is 1. The topological polar surface area (TPSA) is 96.2 Å². The largest absolute Gasteiger partial charge is 0.469 e. The zero-order valence-electron chi connectivity index (χ0n) is 15.2. The second-order valence-electron chi connectivity index (χ2n) is 5.81. The number of ether oxygens (including phenoxy) is 1. The van der Waals surface area contributed by atoms with Gasteiger partial charge in [-0.25, -0.2) is 4.99 Å². The van der Waals surface area contributed by atoms with Gasteiger partial charge in [0.05, 0.1) is 25.8 Å². The highest BCUT2D eigenvalue weighted by atomic mass is 127. The van der Waals surface area contributed by atoms with Gasteiger partial charge in [-0.05, 0) is 31.9 Å². The van der Waals surface area contributed by atoms with Crippen molar-refractivity contribution in [1.82, 2.24) is 15.5 Å². The second kappa shape index (κ2) is 11.8. The van der Waals surface area contributed by atoms with Crippen LogP contribution in [0.25, 0.3) is 0 Å². The number of carbonyl (C=O) groups excluding carboxylic acids is 2. The molecule has 0 spiro atoms. The smallest absolute Gasteiger partial charge is 0.308 e. The molecule has 26 heavy (non-hydrogen) atoms. The van der Waals surface area contributed by atoms with Crippen LogP contribution in [-0.2, 0) is 20.9 Å². The minimum absolute atomic E-state index is 0. The van der Waals surface area contributed by atoms with Gasteiger partial charge in [0, 0.05) is 19.6 Å². The molecule has 146 valence electrons. The molecule has 1 aliphatic heterocycles. The van der Waals surface area contributed by atoms with Gasteiger partial charge in [-0.15, -0.1) is 24.0 Å². The maximum Gasteiger partial charge on any atom is 0.308 e. The van der Waals surface area contributed by atoms with Crippen molar-refractivity contribution in [3.05, 3.63) is 24.2 Å². The van der Waals surface area contributed by atoms with Crippen LogP contribution < -0.4 is 10.6 Å². The summed E-state index contributed by atoms with van der Waals surface area (Å²) in [6, 6.07) is 3.58. The molecule has 1 aromatic rings. The third-order valence-corrected chi connectivity index (χ3v) is 4.08. The number of carbonyl (C=O) groups is 2. The molecule has 0 unspecified atom stereocenters. The van der Waals surface area contributed by atoms with E-state index in [0.717, 1.165) is 12.8 Å². The minimum Gasteiger partial charge on any atom is -0.469 e. The lowest BCUT2D eigenvalue weighted by molar-refractivity contribution is -0.146. The van der Waals surface area contributed by atoms with Gasteiger partial charge in [0.2, 0.25) is 5.91 Å². The normalized spacial score (nSPS) is 15.2. The summed E-state index contributed by atoms with van der Waals surface area (Å²) in [6.07, 6.45) is 3.02. The number of aliphatic imine (C=N–C) groups is 1. The Morgan fingerprint density at radius 3 is 2.65 bits per heavy atom. The molecule has 2 heterocycles. The number of hydrogen-bond acceptors (Lipinski definition) is 5. The molecule has 0 bridgehead atoms. The Morgan fingerprint density at radius 2 is 2.08 bits per heavy atom. The number of hydrogen-bond donors (Lipinski definition) is 2. The highest BCUT2D eigenvalue weighted by molar-refractivity contribution is 14.0. The maximum atomic E-state index is 11.9. The number of methoxy groups -OCH3 is 1. The molecular weight excluding hydrogens is 451 g/mol. The number of esters is 1. The Bertz CT molecular complexity index is 584. The summed E-state index contributed by atoms with van der Waals surface area (Å²) >= 11 is 0. The number of likely N-dealkylation sites (tertiary alicyclic amines) is 1. The lowest BCUT2D eigenvalue weighted by Gasteiger charge is -2.33. The van der Waals surface area contributed by atoms with Gasteiger partial charge in [0.1, 0.15) is 12.3 Å². The van der Waals surface area contributed by atoms with Gasteiger partial charge in [-0.1, -0.05) is 0 Å². The van der Waals surface area contributed by atoms with Crippen molar-refractivity contribution in [3.8, 4) is 0 Å². The van der Waals surface area contributed by atoms with Crippen molar-refractivity contribution >= 4 is 41.8 Å². The average Bonchev–Trinajstić information content (AvgIpc) is 3.16. The summed E-state index contributed by atoms with van der Waals surface area (Å²) in [5.41, 5.74) is 0. The van der Waals surface area contributed by atoms with Crippen LogP contribution in [0.2, 0.25) is 0 Å². The van der Waals surface area contributed by atoms with Crippen LogP contribution in [0.3, 0.4) is 0 Å². The van der Waals surface area contributed by atoms with Crippen LogP contribution in [0.4, 0.5) is 0 Å². The molecule has 1 saturated heterocycles. The van der Waals surface area contributed by atoms with Gasteiger partial charge < -0.3 is 24.7 Å². The Morgan fingerprint density at radius 1 is 1.35 bits per heavy atom. The molecule has 9 heteroatoms. The van der Waals surface area contributed by atoms with E-state index < -0.39 is 0 Å². The van der Waals surface area contributed by atoms with Crippen LogP contribution in [0.1, 0.15) is 25.5 Å². The zero-order valence-corrected chi connectivity index (χ0v) is 17.5. The minimum atomic E-state index is -0.170. The molecule has 8 nitrogen and oxygen atoms in total. The van der Waals surface area contributed by atoms with Crippen LogP contribution in [-0.4, -0.2) is 56.0 Å². The van der Waals surface area contributed by atoms with E-state index in [-0.39, 0.29) is 48.3 Å². The van der Waals surface area contributed by atoms with Crippen molar-refractivity contribution in [3.63, 3.8) is 0 Å². The Labute approximate surface area is 170 Å². The number of guanidine groups is 1. The number of piperidine rings is 1. The molecule has 0 radical (unpaired) electrons. The van der Waals surface area contributed by atoms with Gasteiger partial charge >= 0.3 is 5.97 Å². The first kappa shape index (κ1) is 22.3. The number of nitrogens with zero attached hydrogens (tertiary/aromatic N) is 2. The third kappa shape index (κ3) is 6.85. The van der Waals surface area contributed by atoms with Crippen molar-refractivity contribution in [2.75, 3.05) is 33.3 Å². The fourth-order valence-corrected chi connectivity index (χ4v) is 2.72. The summed E-state index contributed by atoms with van der Waals surface area (Å²) in [7, 11) is 1.42. The molecule has 0 aliphatic carbocycles. The zero-order chi connectivity index (χ0) is 18.1. The average molecular weight is 478 g/mol. The number of halogens is 1. The van der Waals surface area contributed by atoms with Crippen LogP contribution in [0.15, 0.2) is 27.8 Å². The second-order valence-corrected chi connectivity index (χ2v) is 5.81. The fourth-order valence-electron chi connectivity index (χ4n) is 2.72. The molecule has 1 amide bonds. The summed E-state index contributed by atoms with van der Waals surface area (Å²) in [4.78, 5) is 30.0. The van der Waals surface area contributed by atoms with E-state index in [1.165, 1.54) is 7.11 Å². The van der Waals surface area contributed by atoms with Crippen LogP contribution >= 0.6 is 24.0 Å². The summed E-state index contributed by atoms with van der Waals surface area (Å²) in [6.45, 7) is 4.50. The van der Waals surface area contributed by atoms with Crippen molar-refractivity contribution in [1.29, 1.82) is 0 Å². The Balaban J connectivity index is 0.00000338. The molecule has 0 atom stereocenters. The molecule has 2 N–H and O–H groups in total. The third-order valence-electron chi connectivity index (χ3n) is 4.08. The van der Waals surface area contributed by atoms with Gasteiger partial charge in [-0.2, -0.15) is 0 Å². The van der Waals surface area contributed by atoms with Crippen molar-refractivity contribution in [2.24, 2.45) is 10.9 Å². The Hall–Kier alpha value is -1.78. The standard InChI is InChI=1S/C17H26N4O4.HI/c1-3-18-17(21-8-6-13(7-9-21)16(23)24-2)20-12-15(22)19-11-14-5-4-10-25-14;/h4-5,10,13H,3,6-9,11-12H2,1-2H3,(H,18,20)(H,19,22);1H. The molecule has 1 fully saturated rings. The highest BCUT2D eigenvalue weighted by Gasteiger charge is 2.27. The number of rotatable bonds is 6. The van der Waals surface area contributed by atoms with Crippen molar-refractivity contribution in [2.45, 2.75) is 26.3 Å². The maximum absolute atomic E-state index is 11.9. The van der Waals surface area contributed by atoms with E-state index in [4.69, 9.17) is 9.15 Å². The predicted molar refractivity (Wildman–Crippen MR) is 108 cm³/mol. The Kier molecular flexibility index (Phi) is 10.1. The first-order chi connectivity index (χ1) is 12.1. The van der Waals surface area contributed by atoms with E-state index in [1.54, 1.807) is 18.4 Å². The van der Waals surface area contributed by atoms with Crippen molar-refractivity contribution < 1.29 is 18.7 Å². The van der Waals surface area contributed by atoms with Crippen LogP contribution in [0, 0.1) is 5.92 Å². The summed E-state index contributed by atoms with van der Waals surface area (Å²) in [5, 5.41) is 5.96.